The molecule has 0 spiro atoms. The third-order valence-electron chi connectivity index (χ3n) is 11.1. The summed E-state index contributed by atoms with van der Waals surface area (Å²) < 4.78 is 10.8. The van der Waals surface area contributed by atoms with Gasteiger partial charge in [0.1, 0.15) is 12.5 Å². The van der Waals surface area contributed by atoms with Crippen LogP contribution >= 0.6 is 0 Å². The van der Waals surface area contributed by atoms with Gasteiger partial charge < -0.3 is 34.8 Å². The molecule has 0 saturated carbocycles. The van der Waals surface area contributed by atoms with Crippen molar-refractivity contribution in [3.63, 3.8) is 0 Å². The average molecular weight is 707 g/mol. The molecule has 0 amide bonds. The number of nitrogens with one attached hydrogen (secondary N) is 4. The molecule has 3 aromatic rings. The Labute approximate surface area is 304 Å². The van der Waals surface area contributed by atoms with Crippen LogP contribution in [0.5, 0.6) is 0 Å². The maximum Gasteiger partial charge on any atom is 0.321 e. The second-order valence-electron chi connectivity index (χ2n) is 14.2. The van der Waals surface area contributed by atoms with Gasteiger partial charge in [0.25, 0.3) is 0 Å². The van der Waals surface area contributed by atoms with E-state index in [1.54, 1.807) is 0 Å². The number of aromatic amines is 3. The number of ether oxygens (including phenoxy) is 2. The molecule has 3 aliphatic rings. The highest BCUT2D eigenvalue weighted by atomic mass is 16.5. The lowest BCUT2D eigenvalue weighted by molar-refractivity contribution is -0.143. The zero-order valence-corrected chi connectivity index (χ0v) is 31.3. The summed E-state index contributed by atoms with van der Waals surface area (Å²) >= 11 is 0. The molecule has 0 radical (unpaired) electrons. The van der Waals surface area contributed by atoms with Crippen LogP contribution in [0.25, 0.3) is 29.9 Å². The number of hydrogen-bond acceptors (Lipinski definition) is 7. The number of rotatable bonds is 11. The van der Waals surface area contributed by atoms with E-state index >= 15 is 0 Å². The Morgan fingerprint density at radius 2 is 1.71 bits per heavy atom. The Bertz CT molecular complexity index is 2190. The van der Waals surface area contributed by atoms with Crippen LogP contribution < -0.4 is 16.0 Å². The molecule has 8 bridgehead atoms. The lowest BCUT2D eigenvalue weighted by atomic mass is 9.85. The molecule has 10 nitrogen and oxygen atoms in total. The average Bonchev–Trinajstić information content (AvgIpc) is 3.86. The number of allylic oxidation sites excluding steroid dienone is 3. The number of Topliss-reactive ketones (excluding diaryl/α,β-unsaturated/α-hetero) is 1. The summed E-state index contributed by atoms with van der Waals surface area (Å²) in [5, 5.41) is 14.7. The van der Waals surface area contributed by atoms with E-state index in [1.165, 1.54) is 12.7 Å². The van der Waals surface area contributed by atoms with Gasteiger partial charge in [-0.1, -0.05) is 32.1 Å². The molecular weight excluding hydrogens is 656 g/mol. The number of ketones is 1. The first-order valence-corrected chi connectivity index (χ1v) is 18.2. The van der Waals surface area contributed by atoms with Crippen LogP contribution in [0.3, 0.4) is 0 Å². The van der Waals surface area contributed by atoms with Crippen LogP contribution in [0.15, 0.2) is 29.6 Å². The third-order valence-corrected chi connectivity index (χ3v) is 11.1. The maximum atomic E-state index is 14.3. The van der Waals surface area contributed by atoms with Crippen LogP contribution in [-0.4, -0.2) is 58.1 Å². The number of aromatic nitrogens is 3. The predicted octanol–water partition coefficient (Wildman–Crippen LogP) is 5.41. The molecule has 52 heavy (non-hydrogen) atoms. The van der Waals surface area contributed by atoms with E-state index in [0.29, 0.717) is 29.7 Å². The fraction of sp³-hybridized carbons (Fsp3) is 0.405. The molecule has 6 rings (SSSR count). The standard InChI is InChI=1S/C42H50N4O6/c1-9-26-22(4)29-18-31-24(6)28(13-14-35(48)52-17-15-21(3)12-11-16-47)39(45-31)37-38(42(50)51-8)41(49)36-25(7)32(46-40(36)37)20-34-27(10-2)23(5)30(44-34)19-33(26)43-29/h9,15,18-20,24,28,38,43-47H,1,10-14,16-17H2,2-8H3/b21-15-,30-19-,31-18-,34-20-,39-37-/t24-,28-,38+/m0/s1. The van der Waals surface area contributed by atoms with E-state index in [0.717, 1.165) is 79.8 Å². The molecule has 0 unspecified atom stereocenters. The number of H-pyrrole nitrogens is 3. The van der Waals surface area contributed by atoms with Gasteiger partial charge in [-0.2, -0.15) is 0 Å². The molecule has 274 valence electrons. The summed E-state index contributed by atoms with van der Waals surface area (Å²) in [5.74, 6) is -2.76. The van der Waals surface area contributed by atoms with Gasteiger partial charge in [0.15, 0.2) is 5.78 Å². The van der Waals surface area contributed by atoms with E-state index in [-0.39, 0.29) is 43.2 Å². The number of hydrogen-bond donors (Lipinski definition) is 5. The molecule has 3 aromatic heterocycles. The van der Waals surface area contributed by atoms with Crippen LogP contribution in [0.4, 0.5) is 0 Å². The molecule has 3 atom stereocenters. The highest BCUT2D eigenvalue weighted by Gasteiger charge is 2.48. The first-order chi connectivity index (χ1) is 24.9. The van der Waals surface area contributed by atoms with E-state index < -0.39 is 11.9 Å². The quantitative estimate of drug-likeness (QED) is 0.102. The summed E-state index contributed by atoms with van der Waals surface area (Å²) in [6.07, 6.45) is 12.8. The van der Waals surface area contributed by atoms with Crippen molar-refractivity contribution in [2.24, 2.45) is 17.8 Å². The minimum absolute atomic E-state index is 0.103. The second kappa shape index (κ2) is 14.9. The van der Waals surface area contributed by atoms with E-state index in [2.05, 4.69) is 72.8 Å². The normalized spacial score (nSPS) is 22.9. The minimum atomic E-state index is -1.15. The highest BCUT2D eigenvalue weighted by Crippen LogP contribution is 2.48. The maximum absolute atomic E-state index is 14.3. The Kier molecular flexibility index (Phi) is 10.5. The number of aliphatic hydroxyl groups excluding tert-OH is 1. The van der Waals surface area contributed by atoms with Gasteiger partial charge >= 0.3 is 11.9 Å². The van der Waals surface area contributed by atoms with E-state index in [1.807, 2.05) is 26.0 Å². The fourth-order valence-electron chi connectivity index (χ4n) is 8.08. The first kappa shape index (κ1) is 36.7. The largest absolute Gasteiger partial charge is 0.468 e. The zero-order valence-electron chi connectivity index (χ0n) is 31.3. The molecule has 0 aromatic carbocycles. The van der Waals surface area contributed by atoms with Crippen LogP contribution in [-0.2, 0) is 25.5 Å². The molecule has 5 heterocycles. The predicted molar refractivity (Wildman–Crippen MR) is 203 cm³/mol. The molecule has 5 N–H and O–H groups in total. The summed E-state index contributed by atoms with van der Waals surface area (Å²) in [7, 11) is 1.30. The highest BCUT2D eigenvalue weighted by molar-refractivity contribution is 6.24. The minimum Gasteiger partial charge on any atom is -0.468 e. The number of fused-ring (bicyclic) bond motifs is 7. The molecule has 1 aliphatic carbocycles. The van der Waals surface area contributed by atoms with Gasteiger partial charge in [0.05, 0.1) is 12.8 Å². The van der Waals surface area contributed by atoms with Gasteiger partial charge in [-0.25, -0.2) is 0 Å². The zero-order chi connectivity index (χ0) is 37.4. The number of aliphatic hydroxyl groups is 1. The lowest BCUT2D eigenvalue weighted by Gasteiger charge is -2.19. The molecule has 1 saturated heterocycles. The van der Waals surface area contributed by atoms with Crippen molar-refractivity contribution < 1.29 is 29.0 Å². The summed E-state index contributed by atoms with van der Waals surface area (Å²) in [6, 6.07) is 0. The number of carbonyl (C=O) groups excluding carboxylic acids is 3. The Hall–Kier alpha value is -5.09. The Balaban J connectivity index is 1.53. The van der Waals surface area contributed by atoms with Crippen molar-refractivity contribution in [1.82, 2.24) is 20.3 Å². The van der Waals surface area contributed by atoms with Gasteiger partial charge in [0.2, 0.25) is 0 Å². The number of methoxy groups -OCH3 is 1. The van der Waals surface area contributed by atoms with Crippen molar-refractivity contribution in [2.75, 3.05) is 20.3 Å². The molecule has 1 fully saturated rings. The van der Waals surface area contributed by atoms with Crippen molar-refractivity contribution in [3.8, 4) is 0 Å². The van der Waals surface area contributed by atoms with Crippen LogP contribution in [0, 0.1) is 38.5 Å². The summed E-state index contributed by atoms with van der Waals surface area (Å²) in [6.45, 7) is 16.7. The van der Waals surface area contributed by atoms with Crippen molar-refractivity contribution >= 4 is 47.6 Å². The van der Waals surface area contributed by atoms with E-state index in [9.17, 15) is 14.4 Å². The summed E-state index contributed by atoms with van der Waals surface area (Å²) in [4.78, 5) is 51.6. The number of carbonyl (C=O) groups is 3. The third kappa shape index (κ3) is 6.45. The van der Waals surface area contributed by atoms with E-state index in [4.69, 9.17) is 14.6 Å². The fourth-order valence-corrected chi connectivity index (χ4v) is 8.08. The second-order valence-corrected chi connectivity index (χ2v) is 14.2. The Morgan fingerprint density at radius 3 is 2.40 bits per heavy atom. The monoisotopic (exact) mass is 706 g/mol. The first-order valence-electron chi connectivity index (χ1n) is 18.2. The van der Waals surface area contributed by atoms with Crippen molar-refractivity contribution in [1.29, 1.82) is 0 Å². The molecule has 2 aliphatic heterocycles. The topological polar surface area (TPSA) is 149 Å². The smallest absolute Gasteiger partial charge is 0.321 e. The number of esters is 2. The molecule has 10 heteroatoms. The molecular formula is C42H50N4O6. The van der Waals surface area contributed by atoms with Gasteiger partial charge in [-0.15, -0.1) is 0 Å². The van der Waals surface area contributed by atoms with Gasteiger partial charge in [-0.3, -0.25) is 14.4 Å². The van der Waals surface area contributed by atoms with Gasteiger partial charge in [-0.05, 0) is 99.9 Å². The van der Waals surface area contributed by atoms with Crippen molar-refractivity contribution in [2.45, 2.75) is 73.6 Å². The Morgan fingerprint density at radius 1 is 0.981 bits per heavy atom. The van der Waals surface area contributed by atoms with Crippen LogP contribution in [0.2, 0.25) is 0 Å². The van der Waals surface area contributed by atoms with Crippen LogP contribution in [0.1, 0.15) is 107 Å². The summed E-state index contributed by atoms with van der Waals surface area (Å²) in [5.41, 5.74) is 12.1. The lowest BCUT2D eigenvalue weighted by Crippen LogP contribution is -2.25. The van der Waals surface area contributed by atoms with Gasteiger partial charge in [0, 0.05) is 80.7 Å². The SMILES string of the molecule is C=Cc1c2[nH]c(c1C)/C=C1\N/C(=C3\c4[nH]c(c(C)c4C(=O)[C@@H]3C(=O)OC)/C=c3\[nH]/c(c(C)c3CC)=C\2)[C@@H](CCC(=O)OC/C=C(/C)CCCO)[C@@H]1C. The van der Waals surface area contributed by atoms with Crippen molar-refractivity contribution in [3.05, 3.63) is 96.5 Å².